The fraction of sp³-hybridized carbons (Fsp3) is 0.471. The van der Waals surface area contributed by atoms with E-state index >= 15 is 0 Å². The molecule has 2 aliphatic rings. The molecule has 8 heteroatoms. The summed E-state index contributed by atoms with van der Waals surface area (Å²) in [5, 5.41) is 6.91. The zero-order valence-electron chi connectivity index (χ0n) is 13.7. The molecule has 2 aliphatic heterocycles. The Balaban J connectivity index is 0.00000182. The third kappa shape index (κ3) is 3.48. The van der Waals surface area contributed by atoms with Gasteiger partial charge in [-0.25, -0.2) is 4.79 Å². The first-order chi connectivity index (χ1) is 11.6. The van der Waals surface area contributed by atoms with Crippen molar-refractivity contribution in [2.24, 2.45) is 0 Å². The Hall–Kier alpha value is -2.12. The van der Waals surface area contributed by atoms with Crippen molar-refractivity contribution >= 4 is 29.2 Å². The van der Waals surface area contributed by atoms with E-state index in [2.05, 4.69) is 15.6 Å². The zero-order valence-corrected chi connectivity index (χ0v) is 14.5. The molecule has 2 bridgehead atoms. The summed E-state index contributed by atoms with van der Waals surface area (Å²) in [6.45, 7) is -0.252. The second-order valence-electron chi connectivity index (χ2n) is 6.74. The number of hydrogen-bond acceptors (Lipinski definition) is 4. The van der Waals surface area contributed by atoms with Crippen molar-refractivity contribution in [1.82, 2.24) is 20.2 Å². The Morgan fingerprint density at radius 3 is 2.56 bits per heavy atom. The normalized spacial score (nSPS) is 24.7. The molecule has 0 radical (unpaired) electrons. The van der Waals surface area contributed by atoms with Gasteiger partial charge in [0, 0.05) is 18.1 Å². The minimum Gasteiger partial charge on any atom is -0.352 e. The predicted molar refractivity (Wildman–Crippen MR) is 97.2 cm³/mol. The zero-order chi connectivity index (χ0) is 16.7. The number of nitrogens with one attached hydrogen (secondary N) is 3. The quantitative estimate of drug-likeness (QED) is 0.739. The number of carbonyl (C=O) groups is 1. The van der Waals surface area contributed by atoms with E-state index < -0.39 is 11.2 Å². The van der Waals surface area contributed by atoms with Crippen LogP contribution in [-0.2, 0) is 11.3 Å². The smallest absolute Gasteiger partial charge is 0.329 e. The van der Waals surface area contributed by atoms with Crippen molar-refractivity contribution in [2.45, 2.75) is 50.4 Å². The van der Waals surface area contributed by atoms with E-state index in [1.165, 1.54) is 0 Å². The molecule has 2 fully saturated rings. The van der Waals surface area contributed by atoms with Crippen LogP contribution in [0.2, 0.25) is 0 Å². The summed E-state index contributed by atoms with van der Waals surface area (Å²) in [5.74, 6) is -0.288. The molecule has 7 nitrogen and oxygen atoms in total. The highest BCUT2D eigenvalue weighted by molar-refractivity contribution is 5.85. The molecular formula is C17H21ClN4O3. The van der Waals surface area contributed by atoms with Gasteiger partial charge in [0.25, 0.3) is 5.56 Å². The van der Waals surface area contributed by atoms with E-state index in [-0.39, 0.29) is 30.9 Å². The number of piperidine rings is 1. The summed E-state index contributed by atoms with van der Waals surface area (Å²) in [4.78, 5) is 39.5. The number of carbonyl (C=O) groups excluding carboxylic acids is 1. The number of H-pyrrole nitrogens is 1. The molecule has 2 saturated heterocycles. The van der Waals surface area contributed by atoms with Gasteiger partial charge in [-0.2, -0.15) is 0 Å². The number of amides is 1. The van der Waals surface area contributed by atoms with Gasteiger partial charge in [0.1, 0.15) is 6.54 Å². The van der Waals surface area contributed by atoms with Gasteiger partial charge >= 0.3 is 5.69 Å². The van der Waals surface area contributed by atoms with Crippen LogP contribution in [0.15, 0.2) is 33.9 Å². The van der Waals surface area contributed by atoms with Crippen LogP contribution in [0, 0.1) is 0 Å². The van der Waals surface area contributed by atoms with Crippen LogP contribution < -0.4 is 21.9 Å². The maximum absolute atomic E-state index is 12.4. The summed E-state index contributed by atoms with van der Waals surface area (Å²) in [6, 6.07) is 7.87. The summed E-state index contributed by atoms with van der Waals surface area (Å²) in [6.07, 6.45) is 4.12. The molecule has 3 N–H and O–H groups in total. The number of halogens is 1. The molecule has 4 rings (SSSR count). The molecule has 134 valence electrons. The first kappa shape index (κ1) is 17.7. The van der Waals surface area contributed by atoms with E-state index in [1.807, 2.05) is 0 Å². The third-order valence-electron chi connectivity index (χ3n) is 5.03. The van der Waals surface area contributed by atoms with Crippen molar-refractivity contribution in [1.29, 1.82) is 0 Å². The Labute approximate surface area is 150 Å². The van der Waals surface area contributed by atoms with Crippen LogP contribution in [0.4, 0.5) is 0 Å². The first-order valence-corrected chi connectivity index (χ1v) is 8.37. The monoisotopic (exact) mass is 364 g/mol. The van der Waals surface area contributed by atoms with Crippen LogP contribution in [-0.4, -0.2) is 33.6 Å². The molecule has 2 unspecified atom stereocenters. The SMILES string of the molecule is Cl.O=C(Cn1c(=O)[nH]c2ccccc2c1=O)NC1CC2CCC(C1)N2. The van der Waals surface area contributed by atoms with Crippen LogP contribution in [0.25, 0.3) is 10.9 Å². The number of rotatable bonds is 3. The Morgan fingerprint density at radius 1 is 1.16 bits per heavy atom. The Kier molecular flexibility index (Phi) is 4.96. The van der Waals surface area contributed by atoms with Crippen LogP contribution in [0.5, 0.6) is 0 Å². The summed E-state index contributed by atoms with van der Waals surface area (Å²) < 4.78 is 0.966. The van der Waals surface area contributed by atoms with Crippen LogP contribution in [0.1, 0.15) is 25.7 Å². The van der Waals surface area contributed by atoms with Crippen molar-refractivity contribution in [2.75, 3.05) is 0 Å². The topological polar surface area (TPSA) is 96.0 Å². The molecular weight excluding hydrogens is 344 g/mol. The highest BCUT2D eigenvalue weighted by atomic mass is 35.5. The van der Waals surface area contributed by atoms with Crippen molar-refractivity contribution in [3.8, 4) is 0 Å². The van der Waals surface area contributed by atoms with Gasteiger partial charge in [-0.1, -0.05) is 12.1 Å². The summed E-state index contributed by atoms with van der Waals surface area (Å²) >= 11 is 0. The Bertz CT molecular complexity index is 895. The fourth-order valence-electron chi connectivity index (χ4n) is 3.93. The summed E-state index contributed by atoms with van der Waals surface area (Å²) in [7, 11) is 0. The first-order valence-electron chi connectivity index (χ1n) is 8.37. The minimum absolute atomic E-state index is 0. The molecule has 3 heterocycles. The lowest BCUT2D eigenvalue weighted by Gasteiger charge is -2.29. The molecule has 0 aliphatic carbocycles. The standard InChI is InChI=1S/C17H20N4O3.ClH/c22-15(19-12-7-10-5-6-11(8-12)18-10)9-21-16(23)13-3-1-2-4-14(13)20-17(21)24;/h1-4,10-12,18H,5-9H2,(H,19,22)(H,20,24);1H. The predicted octanol–water partition coefficient (Wildman–Crippen LogP) is 0.511. The molecule has 0 saturated carbocycles. The number of aromatic nitrogens is 2. The van der Waals surface area contributed by atoms with Crippen molar-refractivity contribution in [3.63, 3.8) is 0 Å². The molecule has 2 aromatic rings. The molecule has 2 atom stereocenters. The second-order valence-corrected chi connectivity index (χ2v) is 6.74. The minimum atomic E-state index is -0.556. The lowest BCUT2D eigenvalue weighted by Crippen LogP contribution is -2.50. The van der Waals surface area contributed by atoms with Gasteiger partial charge in [-0.05, 0) is 37.8 Å². The van der Waals surface area contributed by atoms with Gasteiger partial charge in [-0.3, -0.25) is 14.2 Å². The maximum Gasteiger partial charge on any atom is 0.329 e. The van der Waals surface area contributed by atoms with Gasteiger partial charge in [-0.15, -0.1) is 12.4 Å². The highest BCUT2D eigenvalue weighted by Crippen LogP contribution is 2.26. The summed E-state index contributed by atoms with van der Waals surface area (Å²) in [5.41, 5.74) is -0.506. The second kappa shape index (κ2) is 7.01. The molecule has 1 aromatic carbocycles. The van der Waals surface area contributed by atoms with E-state index in [0.717, 1.165) is 30.3 Å². The number of hydrogen-bond donors (Lipinski definition) is 3. The maximum atomic E-state index is 12.4. The van der Waals surface area contributed by atoms with E-state index in [9.17, 15) is 14.4 Å². The number of para-hydroxylation sites is 1. The van der Waals surface area contributed by atoms with Gasteiger partial charge in [0.15, 0.2) is 0 Å². The van der Waals surface area contributed by atoms with Gasteiger partial charge in [0.05, 0.1) is 10.9 Å². The molecule has 1 amide bonds. The van der Waals surface area contributed by atoms with Crippen molar-refractivity contribution < 1.29 is 4.79 Å². The lowest BCUT2D eigenvalue weighted by molar-refractivity contribution is -0.122. The highest BCUT2D eigenvalue weighted by Gasteiger charge is 2.34. The number of fused-ring (bicyclic) bond motifs is 3. The van der Waals surface area contributed by atoms with Crippen LogP contribution in [0.3, 0.4) is 0 Å². The van der Waals surface area contributed by atoms with Gasteiger partial charge in [0.2, 0.25) is 5.91 Å². The molecule has 0 spiro atoms. The largest absolute Gasteiger partial charge is 0.352 e. The van der Waals surface area contributed by atoms with E-state index in [1.54, 1.807) is 24.3 Å². The lowest BCUT2D eigenvalue weighted by atomic mass is 10.00. The third-order valence-corrected chi connectivity index (χ3v) is 5.03. The number of benzene rings is 1. The molecule has 25 heavy (non-hydrogen) atoms. The average Bonchev–Trinajstić information content (AvgIpc) is 2.90. The number of aromatic amines is 1. The van der Waals surface area contributed by atoms with Crippen molar-refractivity contribution in [3.05, 3.63) is 45.1 Å². The Morgan fingerprint density at radius 2 is 1.84 bits per heavy atom. The fourth-order valence-corrected chi connectivity index (χ4v) is 3.93. The van der Waals surface area contributed by atoms with Gasteiger partial charge < -0.3 is 15.6 Å². The van der Waals surface area contributed by atoms with Crippen LogP contribution >= 0.6 is 12.4 Å². The van der Waals surface area contributed by atoms with E-state index in [0.29, 0.717) is 23.0 Å². The molecule has 1 aromatic heterocycles. The number of nitrogens with zero attached hydrogens (tertiary/aromatic N) is 1. The average molecular weight is 365 g/mol. The van der Waals surface area contributed by atoms with E-state index in [4.69, 9.17) is 0 Å².